The Hall–Kier alpha value is -2.70. The molecule has 6 heteroatoms. The van der Waals surface area contributed by atoms with Crippen LogP contribution in [-0.4, -0.2) is 18.9 Å². The number of hydrogen-bond acceptors (Lipinski definition) is 3. The van der Waals surface area contributed by atoms with Gasteiger partial charge >= 0.3 is 0 Å². The quantitative estimate of drug-likeness (QED) is 0.617. The molecule has 0 radical (unpaired) electrons. The highest BCUT2D eigenvalue weighted by Gasteiger charge is 2.21. The van der Waals surface area contributed by atoms with Gasteiger partial charge in [0, 0.05) is 10.9 Å². The monoisotopic (exact) mass is 383 g/mol. The third-order valence-electron chi connectivity index (χ3n) is 4.74. The summed E-state index contributed by atoms with van der Waals surface area (Å²) in [5, 5.41) is 3.62. The summed E-state index contributed by atoms with van der Waals surface area (Å²) in [4.78, 5) is 12.3. The maximum atomic E-state index is 12.6. The van der Waals surface area contributed by atoms with Gasteiger partial charge in [-0.25, -0.2) is 0 Å². The van der Waals surface area contributed by atoms with E-state index in [4.69, 9.17) is 0 Å². The van der Waals surface area contributed by atoms with Gasteiger partial charge in [0.15, 0.2) is 0 Å². The van der Waals surface area contributed by atoms with Crippen molar-refractivity contribution in [2.75, 3.05) is 5.32 Å². The van der Waals surface area contributed by atoms with Crippen molar-refractivity contribution in [2.45, 2.75) is 31.1 Å². The molecule has 1 unspecified atom stereocenters. The van der Waals surface area contributed by atoms with Crippen LogP contribution in [0.2, 0.25) is 0 Å². The second-order valence-corrected chi connectivity index (χ2v) is 7.88. The first kappa shape index (κ1) is 19.1. The van der Waals surface area contributed by atoms with Crippen molar-refractivity contribution in [3.05, 3.63) is 71.8 Å². The van der Waals surface area contributed by atoms with Crippen molar-refractivity contribution in [1.82, 2.24) is 0 Å². The van der Waals surface area contributed by atoms with Crippen molar-refractivity contribution >= 4 is 32.5 Å². The third-order valence-corrected chi connectivity index (χ3v) is 5.70. The Morgan fingerprint density at radius 1 is 1.04 bits per heavy atom. The molecule has 0 aliphatic heterocycles. The summed E-state index contributed by atoms with van der Waals surface area (Å²) in [6, 6.07) is 17.2. The first-order chi connectivity index (χ1) is 12.8. The first-order valence-corrected chi connectivity index (χ1v) is 10.2. The lowest BCUT2D eigenvalue weighted by molar-refractivity contribution is 0.102. The van der Waals surface area contributed by atoms with Gasteiger partial charge in [-0.15, -0.1) is 0 Å². The number of amides is 1. The molecule has 3 rings (SSSR count). The summed E-state index contributed by atoms with van der Waals surface area (Å²) in [5.74, 6) is -0.0420. The standard InChI is InChI=1S/C21H21NO4S/c1-3-14(2)15-8-10-17(11-9-15)21(23)22-19-13-12-16-6-4-5-7-18(16)20(19)27(24,25)26/h4-14H,3H2,1-2H3,(H,22,23)(H,24,25,26). The number of benzene rings is 3. The molecule has 3 aromatic rings. The van der Waals surface area contributed by atoms with Crippen molar-refractivity contribution in [2.24, 2.45) is 0 Å². The molecule has 0 saturated heterocycles. The average molecular weight is 383 g/mol. The van der Waals surface area contributed by atoms with Gasteiger partial charge in [-0.3, -0.25) is 9.35 Å². The molecule has 0 bridgehead atoms. The van der Waals surface area contributed by atoms with E-state index in [1.165, 1.54) is 6.07 Å². The smallest absolute Gasteiger partial charge is 0.297 e. The highest BCUT2D eigenvalue weighted by Crippen LogP contribution is 2.31. The van der Waals surface area contributed by atoms with Gasteiger partial charge < -0.3 is 5.32 Å². The molecule has 0 aliphatic carbocycles. The molecule has 0 heterocycles. The van der Waals surface area contributed by atoms with Crippen LogP contribution in [0.4, 0.5) is 5.69 Å². The van der Waals surface area contributed by atoms with Crippen LogP contribution in [0.1, 0.15) is 42.1 Å². The minimum atomic E-state index is -4.52. The number of carbonyl (C=O) groups excluding carboxylic acids is 1. The first-order valence-electron chi connectivity index (χ1n) is 8.71. The third kappa shape index (κ3) is 4.02. The van der Waals surface area contributed by atoms with Crippen LogP contribution in [0.5, 0.6) is 0 Å². The molecule has 0 aliphatic rings. The number of anilines is 1. The van der Waals surface area contributed by atoms with E-state index >= 15 is 0 Å². The molecule has 1 atom stereocenters. The molecule has 140 valence electrons. The van der Waals surface area contributed by atoms with Gasteiger partial charge in [0.25, 0.3) is 16.0 Å². The van der Waals surface area contributed by atoms with Gasteiger partial charge in [0.2, 0.25) is 0 Å². The second-order valence-electron chi connectivity index (χ2n) is 6.52. The maximum absolute atomic E-state index is 12.6. The van der Waals surface area contributed by atoms with E-state index < -0.39 is 16.0 Å². The fourth-order valence-corrected chi connectivity index (χ4v) is 3.87. The highest BCUT2D eigenvalue weighted by atomic mass is 32.2. The van der Waals surface area contributed by atoms with Crippen LogP contribution in [-0.2, 0) is 10.1 Å². The highest BCUT2D eigenvalue weighted by molar-refractivity contribution is 7.86. The van der Waals surface area contributed by atoms with Crippen LogP contribution in [0.25, 0.3) is 10.8 Å². The zero-order valence-electron chi connectivity index (χ0n) is 15.1. The van der Waals surface area contributed by atoms with E-state index in [1.807, 2.05) is 12.1 Å². The van der Waals surface area contributed by atoms with E-state index in [0.29, 0.717) is 22.3 Å². The number of hydrogen-bond donors (Lipinski definition) is 2. The molecule has 0 aromatic heterocycles. The topological polar surface area (TPSA) is 83.5 Å². The molecule has 0 saturated carbocycles. The van der Waals surface area contributed by atoms with Gasteiger partial charge in [0.05, 0.1) is 5.69 Å². The minimum Gasteiger partial charge on any atom is -0.321 e. The zero-order chi connectivity index (χ0) is 19.6. The maximum Gasteiger partial charge on any atom is 0.297 e. The van der Waals surface area contributed by atoms with Crippen LogP contribution in [0.3, 0.4) is 0 Å². The Balaban J connectivity index is 1.98. The minimum absolute atomic E-state index is 0.0483. The van der Waals surface area contributed by atoms with Crippen molar-refractivity contribution in [1.29, 1.82) is 0 Å². The summed E-state index contributed by atoms with van der Waals surface area (Å²) in [7, 11) is -4.52. The molecular formula is C21H21NO4S. The predicted octanol–water partition coefficient (Wildman–Crippen LogP) is 4.85. The Morgan fingerprint density at radius 3 is 2.33 bits per heavy atom. The van der Waals surface area contributed by atoms with Crippen LogP contribution in [0.15, 0.2) is 65.6 Å². The number of carbonyl (C=O) groups is 1. The molecule has 27 heavy (non-hydrogen) atoms. The molecule has 0 fully saturated rings. The lowest BCUT2D eigenvalue weighted by Crippen LogP contribution is -2.15. The van der Waals surface area contributed by atoms with Crippen molar-refractivity contribution < 1.29 is 17.8 Å². The Kier molecular flexibility index (Phi) is 5.30. The van der Waals surface area contributed by atoms with Crippen LogP contribution >= 0.6 is 0 Å². The van der Waals surface area contributed by atoms with Gasteiger partial charge in [-0.05, 0) is 41.5 Å². The van der Waals surface area contributed by atoms with Crippen molar-refractivity contribution in [3.63, 3.8) is 0 Å². The second kappa shape index (κ2) is 7.50. The lowest BCUT2D eigenvalue weighted by atomic mass is 9.97. The van der Waals surface area contributed by atoms with E-state index in [-0.39, 0.29) is 10.6 Å². The number of nitrogens with one attached hydrogen (secondary N) is 1. The Labute approximate surface area is 158 Å². The molecule has 5 nitrogen and oxygen atoms in total. The molecular weight excluding hydrogens is 362 g/mol. The summed E-state index contributed by atoms with van der Waals surface area (Å²) in [6.07, 6.45) is 1.00. The van der Waals surface area contributed by atoms with E-state index in [0.717, 1.165) is 12.0 Å². The van der Waals surface area contributed by atoms with Crippen LogP contribution < -0.4 is 5.32 Å². The number of fused-ring (bicyclic) bond motifs is 1. The van der Waals surface area contributed by atoms with E-state index in [9.17, 15) is 17.8 Å². The summed E-state index contributed by atoms with van der Waals surface area (Å²) >= 11 is 0. The normalized spacial score (nSPS) is 12.7. The van der Waals surface area contributed by atoms with E-state index in [1.54, 1.807) is 42.5 Å². The Bertz CT molecular complexity index is 1090. The summed E-state index contributed by atoms with van der Waals surface area (Å²) in [6.45, 7) is 4.21. The Morgan fingerprint density at radius 2 is 1.70 bits per heavy atom. The lowest BCUT2D eigenvalue weighted by Gasteiger charge is -2.13. The average Bonchev–Trinajstić information content (AvgIpc) is 2.66. The largest absolute Gasteiger partial charge is 0.321 e. The molecule has 3 aromatic carbocycles. The predicted molar refractivity (Wildman–Crippen MR) is 107 cm³/mol. The molecule has 2 N–H and O–H groups in total. The SMILES string of the molecule is CCC(C)c1ccc(C(=O)Nc2ccc3ccccc3c2S(=O)(=O)O)cc1. The van der Waals surface area contributed by atoms with Gasteiger partial charge in [-0.2, -0.15) is 8.42 Å². The summed E-state index contributed by atoms with van der Waals surface area (Å²) < 4.78 is 33.6. The number of rotatable bonds is 5. The van der Waals surface area contributed by atoms with Gasteiger partial charge in [0.1, 0.15) is 4.90 Å². The molecule has 1 amide bonds. The van der Waals surface area contributed by atoms with Crippen molar-refractivity contribution in [3.8, 4) is 0 Å². The van der Waals surface area contributed by atoms with E-state index in [2.05, 4.69) is 19.2 Å². The fraction of sp³-hybridized carbons (Fsp3) is 0.190. The van der Waals surface area contributed by atoms with Crippen LogP contribution in [0, 0.1) is 0 Å². The summed E-state index contributed by atoms with van der Waals surface area (Å²) in [5.41, 5.74) is 1.60. The van der Waals surface area contributed by atoms with Gasteiger partial charge in [-0.1, -0.05) is 56.3 Å². The molecule has 0 spiro atoms. The zero-order valence-corrected chi connectivity index (χ0v) is 16.0. The fourth-order valence-electron chi connectivity index (χ4n) is 3.01.